The number of amides is 3. The summed E-state index contributed by atoms with van der Waals surface area (Å²) in [6.45, 7) is -0.251. The lowest BCUT2D eigenvalue weighted by Gasteiger charge is -2.13. The molecule has 0 saturated carbocycles. The van der Waals surface area contributed by atoms with Gasteiger partial charge in [0.05, 0.1) is 21.2 Å². The molecule has 26 heavy (non-hydrogen) atoms. The van der Waals surface area contributed by atoms with Gasteiger partial charge in [0.25, 0.3) is 11.8 Å². The van der Waals surface area contributed by atoms with Crippen molar-refractivity contribution in [3.05, 3.63) is 69.0 Å². The molecular weight excluding hydrogens is 382 g/mol. The molecule has 0 unspecified atom stereocenters. The first-order chi connectivity index (χ1) is 12.4. The molecule has 1 N–H and O–H groups in total. The van der Waals surface area contributed by atoms with Gasteiger partial charge in [-0.2, -0.15) is 0 Å². The molecule has 1 aliphatic heterocycles. The molecule has 0 fully saturated rings. The Morgan fingerprint density at radius 1 is 1.04 bits per heavy atom. The molecule has 1 heterocycles. The third kappa shape index (κ3) is 3.57. The van der Waals surface area contributed by atoms with Crippen LogP contribution in [0.2, 0.25) is 10.0 Å². The Hall–Kier alpha value is -2.44. The summed E-state index contributed by atoms with van der Waals surface area (Å²) in [5, 5.41) is 2.88. The van der Waals surface area contributed by atoms with Crippen LogP contribution in [0, 0.1) is 5.82 Å². The largest absolute Gasteiger partial charge is 0.354 e. The van der Waals surface area contributed by atoms with Crippen LogP contribution in [-0.2, 0) is 11.2 Å². The zero-order valence-corrected chi connectivity index (χ0v) is 14.9. The lowest BCUT2D eigenvalue weighted by Crippen LogP contribution is -2.40. The number of hydrogen-bond donors (Lipinski definition) is 1. The summed E-state index contributed by atoms with van der Waals surface area (Å²) >= 11 is 11.7. The van der Waals surface area contributed by atoms with Gasteiger partial charge in [0.2, 0.25) is 5.91 Å². The number of carbonyl (C=O) groups is 3. The van der Waals surface area contributed by atoms with E-state index in [4.69, 9.17) is 23.2 Å². The molecule has 1 aliphatic rings. The summed E-state index contributed by atoms with van der Waals surface area (Å²) in [5.74, 6) is -2.08. The highest BCUT2D eigenvalue weighted by Crippen LogP contribution is 2.31. The van der Waals surface area contributed by atoms with Crippen LogP contribution in [0.4, 0.5) is 4.39 Å². The maximum absolute atomic E-state index is 13.5. The fraction of sp³-hybridized carbons (Fsp3) is 0.167. The zero-order valence-electron chi connectivity index (χ0n) is 13.4. The lowest BCUT2D eigenvalue weighted by molar-refractivity contribution is -0.121. The van der Waals surface area contributed by atoms with Crippen molar-refractivity contribution in [2.45, 2.75) is 6.42 Å². The second kappa shape index (κ2) is 7.43. The summed E-state index contributed by atoms with van der Waals surface area (Å²) in [6, 6.07) is 8.88. The van der Waals surface area contributed by atoms with Crippen LogP contribution in [0.25, 0.3) is 0 Å². The molecule has 0 saturated heterocycles. The van der Waals surface area contributed by atoms with Crippen LogP contribution < -0.4 is 5.32 Å². The molecule has 0 spiro atoms. The third-order valence-corrected chi connectivity index (χ3v) is 4.71. The highest BCUT2D eigenvalue weighted by molar-refractivity contribution is 6.43. The number of hydrogen-bond acceptors (Lipinski definition) is 3. The van der Waals surface area contributed by atoms with Gasteiger partial charge in [0, 0.05) is 6.54 Å². The van der Waals surface area contributed by atoms with Crippen molar-refractivity contribution >= 4 is 40.9 Å². The number of fused-ring (bicyclic) bond motifs is 1. The molecule has 8 heteroatoms. The van der Waals surface area contributed by atoms with Gasteiger partial charge >= 0.3 is 0 Å². The minimum atomic E-state index is -0.604. The maximum Gasteiger partial charge on any atom is 0.262 e. The van der Waals surface area contributed by atoms with Crippen LogP contribution >= 0.6 is 23.2 Å². The van der Waals surface area contributed by atoms with Gasteiger partial charge in [-0.15, -0.1) is 0 Å². The quantitative estimate of drug-likeness (QED) is 0.792. The Labute approximate surface area is 158 Å². The first-order valence-electron chi connectivity index (χ1n) is 7.74. The van der Waals surface area contributed by atoms with Gasteiger partial charge in [0.15, 0.2) is 0 Å². The second-order valence-corrected chi connectivity index (χ2v) is 6.51. The molecule has 2 aromatic carbocycles. The molecule has 0 radical (unpaired) electrons. The first kappa shape index (κ1) is 18.4. The fourth-order valence-corrected chi connectivity index (χ4v) is 2.99. The topological polar surface area (TPSA) is 66.5 Å². The van der Waals surface area contributed by atoms with Gasteiger partial charge in [0.1, 0.15) is 12.4 Å². The van der Waals surface area contributed by atoms with E-state index >= 15 is 0 Å². The van der Waals surface area contributed by atoms with Crippen molar-refractivity contribution in [2.24, 2.45) is 0 Å². The zero-order chi connectivity index (χ0) is 18.8. The van der Waals surface area contributed by atoms with E-state index < -0.39 is 24.3 Å². The molecule has 3 amide bonds. The van der Waals surface area contributed by atoms with E-state index in [-0.39, 0.29) is 33.5 Å². The van der Waals surface area contributed by atoms with Crippen LogP contribution in [0.5, 0.6) is 0 Å². The number of nitrogens with zero attached hydrogens (tertiary/aromatic N) is 1. The summed E-state index contributed by atoms with van der Waals surface area (Å²) in [6.07, 6.45) is 0.297. The van der Waals surface area contributed by atoms with Crippen molar-refractivity contribution in [3.63, 3.8) is 0 Å². The Balaban J connectivity index is 1.61. The normalized spacial score (nSPS) is 13.1. The van der Waals surface area contributed by atoms with Gasteiger partial charge in [-0.25, -0.2) is 4.39 Å². The summed E-state index contributed by atoms with van der Waals surface area (Å²) in [5.41, 5.74) is 0.699. The monoisotopic (exact) mass is 394 g/mol. The Bertz CT molecular complexity index is 876. The predicted molar refractivity (Wildman–Crippen MR) is 94.9 cm³/mol. The molecule has 134 valence electrons. The van der Waals surface area contributed by atoms with E-state index in [2.05, 4.69) is 5.32 Å². The Morgan fingerprint density at radius 2 is 1.62 bits per heavy atom. The van der Waals surface area contributed by atoms with E-state index in [1.807, 2.05) is 0 Å². The van der Waals surface area contributed by atoms with Crippen molar-refractivity contribution in [2.75, 3.05) is 13.1 Å². The SMILES string of the molecule is O=C(CN1C(=O)c2cc(Cl)c(Cl)cc2C1=O)NCCc1ccccc1F. The molecule has 0 aliphatic carbocycles. The highest BCUT2D eigenvalue weighted by atomic mass is 35.5. The Morgan fingerprint density at radius 3 is 2.19 bits per heavy atom. The molecule has 5 nitrogen and oxygen atoms in total. The molecule has 2 aromatic rings. The number of imide groups is 1. The molecule has 0 atom stereocenters. The third-order valence-electron chi connectivity index (χ3n) is 3.99. The van der Waals surface area contributed by atoms with E-state index in [1.54, 1.807) is 18.2 Å². The standard InChI is InChI=1S/C18H13Cl2FN2O3/c19-13-7-11-12(8-14(13)20)18(26)23(17(11)25)9-16(24)22-6-5-10-3-1-2-4-15(10)21/h1-4,7-8H,5-6,9H2,(H,22,24). The van der Waals surface area contributed by atoms with Gasteiger partial charge in [-0.3, -0.25) is 19.3 Å². The minimum Gasteiger partial charge on any atom is -0.354 e. The first-order valence-corrected chi connectivity index (χ1v) is 8.49. The van der Waals surface area contributed by atoms with Gasteiger partial charge in [-0.05, 0) is 30.2 Å². The Kier molecular flexibility index (Phi) is 5.25. The van der Waals surface area contributed by atoms with Gasteiger partial charge in [-0.1, -0.05) is 41.4 Å². The van der Waals surface area contributed by atoms with Crippen molar-refractivity contribution in [1.82, 2.24) is 10.2 Å². The summed E-state index contributed by atoms with van der Waals surface area (Å²) in [7, 11) is 0. The molecular formula is C18H13Cl2FN2O3. The van der Waals surface area contributed by atoms with Crippen LogP contribution in [0.15, 0.2) is 36.4 Å². The van der Waals surface area contributed by atoms with Crippen molar-refractivity contribution in [1.29, 1.82) is 0 Å². The van der Waals surface area contributed by atoms with Crippen molar-refractivity contribution < 1.29 is 18.8 Å². The molecule has 3 rings (SSSR count). The second-order valence-electron chi connectivity index (χ2n) is 5.70. The van der Waals surface area contributed by atoms with E-state index in [1.165, 1.54) is 18.2 Å². The van der Waals surface area contributed by atoms with Gasteiger partial charge < -0.3 is 5.32 Å². The number of halogens is 3. The molecule has 0 aromatic heterocycles. The fourth-order valence-electron chi connectivity index (χ4n) is 2.66. The molecule has 0 bridgehead atoms. The number of carbonyl (C=O) groups excluding carboxylic acids is 3. The van der Waals surface area contributed by atoms with E-state index in [0.717, 1.165) is 4.90 Å². The predicted octanol–water partition coefficient (Wildman–Crippen LogP) is 3.09. The van der Waals surface area contributed by atoms with Crippen LogP contribution in [0.3, 0.4) is 0 Å². The number of rotatable bonds is 5. The summed E-state index contributed by atoms with van der Waals surface area (Å²) < 4.78 is 13.5. The van der Waals surface area contributed by atoms with E-state index in [0.29, 0.717) is 12.0 Å². The van der Waals surface area contributed by atoms with E-state index in [9.17, 15) is 18.8 Å². The smallest absolute Gasteiger partial charge is 0.262 e. The van der Waals surface area contributed by atoms with Crippen LogP contribution in [0.1, 0.15) is 26.3 Å². The average molecular weight is 395 g/mol. The maximum atomic E-state index is 13.5. The highest BCUT2D eigenvalue weighted by Gasteiger charge is 2.37. The number of nitrogens with one attached hydrogen (secondary N) is 1. The van der Waals surface area contributed by atoms with Crippen molar-refractivity contribution in [3.8, 4) is 0 Å². The minimum absolute atomic E-state index is 0.114. The average Bonchev–Trinajstić information content (AvgIpc) is 2.82. The van der Waals surface area contributed by atoms with Crippen LogP contribution in [-0.4, -0.2) is 35.7 Å². The lowest BCUT2D eigenvalue weighted by atomic mass is 10.1. The summed E-state index contributed by atoms with van der Waals surface area (Å²) in [4.78, 5) is 37.5. The number of benzene rings is 2.